The van der Waals surface area contributed by atoms with Gasteiger partial charge in [-0.15, -0.1) is 0 Å². The molecule has 0 bridgehead atoms. The second-order valence-corrected chi connectivity index (χ2v) is 6.97. The minimum absolute atomic E-state index is 0.132. The maximum Gasteiger partial charge on any atom is 0.339 e. The molecule has 1 aliphatic carbocycles. The number of fused-ring (bicyclic) bond motifs is 1. The van der Waals surface area contributed by atoms with E-state index < -0.39 is 0 Å². The molecule has 140 valence electrons. The summed E-state index contributed by atoms with van der Waals surface area (Å²) < 4.78 is 10.7. The van der Waals surface area contributed by atoms with Crippen molar-refractivity contribution >= 4 is 16.9 Å². The molecule has 0 saturated heterocycles. The lowest BCUT2D eigenvalue weighted by Gasteiger charge is -2.27. The number of nitrogens with zero attached hydrogens (tertiary/aromatic N) is 1. The molecule has 0 spiro atoms. The van der Waals surface area contributed by atoms with E-state index >= 15 is 0 Å². The van der Waals surface area contributed by atoms with E-state index in [0.29, 0.717) is 35.8 Å². The average Bonchev–Trinajstić information content (AvgIpc) is 3.15. The van der Waals surface area contributed by atoms with Crippen LogP contribution in [0.25, 0.3) is 11.0 Å². The molecule has 0 aliphatic heterocycles. The summed E-state index contributed by atoms with van der Waals surface area (Å²) in [6, 6.07) is 5.84. The first-order valence-corrected chi connectivity index (χ1v) is 9.45. The van der Waals surface area contributed by atoms with Gasteiger partial charge in [-0.05, 0) is 50.8 Å². The fraction of sp³-hybridized carbons (Fsp3) is 0.524. The van der Waals surface area contributed by atoms with Crippen molar-refractivity contribution in [1.82, 2.24) is 4.90 Å². The Morgan fingerprint density at radius 1 is 1.31 bits per heavy atom. The van der Waals surface area contributed by atoms with Crippen LogP contribution in [0.3, 0.4) is 0 Å². The maximum absolute atomic E-state index is 12.7. The van der Waals surface area contributed by atoms with Crippen molar-refractivity contribution in [2.24, 2.45) is 0 Å². The molecule has 0 unspecified atom stereocenters. The molecule has 2 aromatic rings. The Bertz CT molecular complexity index is 849. The molecule has 1 amide bonds. The zero-order chi connectivity index (χ0) is 18.7. The van der Waals surface area contributed by atoms with Crippen molar-refractivity contribution < 1.29 is 13.9 Å². The zero-order valence-corrected chi connectivity index (χ0v) is 15.8. The number of hydrogen-bond acceptors (Lipinski definition) is 4. The van der Waals surface area contributed by atoms with Crippen LogP contribution in [0.5, 0.6) is 5.75 Å². The number of carbonyl (C=O) groups is 1. The van der Waals surface area contributed by atoms with Gasteiger partial charge in [-0.1, -0.05) is 12.8 Å². The summed E-state index contributed by atoms with van der Waals surface area (Å²) in [5.74, 6) is 0.783. The van der Waals surface area contributed by atoms with Crippen molar-refractivity contribution in [1.29, 1.82) is 0 Å². The van der Waals surface area contributed by atoms with Crippen LogP contribution in [-0.2, 0) is 11.2 Å². The van der Waals surface area contributed by atoms with E-state index in [0.717, 1.165) is 30.3 Å². The third-order valence-electron chi connectivity index (χ3n) is 5.51. The molecule has 0 atom stereocenters. The van der Waals surface area contributed by atoms with Crippen molar-refractivity contribution in [3.63, 3.8) is 0 Å². The predicted molar refractivity (Wildman–Crippen MR) is 102 cm³/mol. The molecule has 0 radical (unpaired) electrons. The van der Waals surface area contributed by atoms with Gasteiger partial charge in [0.15, 0.2) is 0 Å². The zero-order valence-electron chi connectivity index (χ0n) is 15.8. The fourth-order valence-electron chi connectivity index (χ4n) is 4.02. The summed E-state index contributed by atoms with van der Waals surface area (Å²) in [7, 11) is 1.58. The third-order valence-corrected chi connectivity index (χ3v) is 5.51. The summed E-state index contributed by atoms with van der Waals surface area (Å²) in [4.78, 5) is 27.1. The van der Waals surface area contributed by atoms with Gasteiger partial charge in [0.1, 0.15) is 11.3 Å². The lowest BCUT2D eigenvalue weighted by Crippen LogP contribution is -2.38. The number of aryl methyl sites for hydroxylation is 1. The topological polar surface area (TPSA) is 59.8 Å². The van der Waals surface area contributed by atoms with Crippen LogP contribution >= 0.6 is 0 Å². The molecular formula is C21H27NO4. The van der Waals surface area contributed by atoms with Crippen LogP contribution in [0.2, 0.25) is 0 Å². The van der Waals surface area contributed by atoms with Gasteiger partial charge >= 0.3 is 5.63 Å². The molecule has 1 aromatic carbocycles. The molecule has 1 fully saturated rings. The van der Waals surface area contributed by atoms with Gasteiger partial charge in [0.05, 0.1) is 7.11 Å². The number of methoxy groups -OCH3 is 1. The summed E-state index contributed by atoms with van der Waals surface area (Å²) in [6.45, 7) is 4.67. The van der Waals surface area contributed by atoms with Gasteiger partial charge in [-0.25, -0.2) is 4.79 Å². The van der Waals surface area contributed by atoms with Crippen molar-refractivity contribution in [2.45, 2.75) is 58.4 Å². The maximum atomic E-state index is 12.7. The highest BCUT2D eigenvalue weighted by Gasteiger charge is 2.25. The molecule has 5 nitrogen and oxygen atoms in total. The highest BCUT2D eigenvalue weighted by molar-refractivity contribution is 5.82. The van der Waals surface area contributed by atoms with Crippen LogP contribution in [0.4, 0.5) is 0 Å². The summed E-state index contributed by atoms with van der Waals surface area (Å²) >= 11 is 0. The first-order valence-electron chi connectivity index (χ1n) is 9.45. The Labute approximate surface area is 153 Å². The summed E-state index contributed by atoms with van der Waals surface area (Å²) in [5.41, 5.74) is 1.64. The SMILES string of the molecule is CCN(C(=O)CCc1c(C)c2ccc(OC)cc2oc1=O)C1CCCC1. The Kier molecular flexibility index (Phi) is 5.64. The second kappa shape index (κ2) is 7.94. The van der Waals surface area contributed by atoms with Gasteiger partial charge in [0.25, 0.3) is 0 Å². The first-order chi connectivity index (χ1) is 12.5. The van der Waals surface area contributed by atoms with E-state index in [1.165, 1.54) is 12.8 Å². The molecule has 1 heterocycles. The number of amides is 1. The van der Waals surface area contributed by atoms with E-state index in [1.54, 1.807) is 13.2 Å². The standard InChI is InChI=1S/C21H27NO4/c1-4-22(15-7-5-6-8-15)20(23)12-11-18-14(2)17-10-9-16(25-3)13-19(17)26-21(18)24/h9-10,13,15H,4-8,11-12H2,1-3H3. The highest BCUT2D eigenvalue weighted by atomic mass is 16.5. The van der Waals surface area contributed by atoms with E-state index in [9.17, 15) is 9.59 Å². The Morgan fingerprint density at radius 2 is 2.04 bits per heavy atom. The number of benzene rings is 1. The van der Waals surface area contributed by atoms with Crippen LogP contribution in [0.1, 0.15) is 50.2 Å². The van der Waals surface area contributed by atoms with E-state index in [2.05, 4.69) is 0 Å². The smallest absolute Gasteiger partial charge is 0.339 e. The molecule has 26 heavy (non-hydrogen) atoms. The normalized spacial score (nSPS) is 14.7. The quantitative estimate of drug-likeness (QED) is 0.737. The minimum Gasteiger partial charge on any atom is -0.497 e. The number of rotatable bonds is 6. The highest BCUT2D eigenvalue weighted by Crippen LogP contribution is 2.26. The van der Waals surface area contributed by atoms with E-state index in [4.69, 9.17) is 9.15 Å². The van der Waals surface area contributed by atoms with Gasteiger partial charge < -0.3 is 14.1 Å². The van der Waals surface area contributed by atoms with Crippen LogP contribution < -0.4 is 10.4 Å². The van der Waals surface area contributed by atoms with Gasteiger partial charge in [-0.2, -0.15) is 0 Å². The molecular weight excluding hydrogens is 330 g/mol. The fourth-order valence-corrected chi connectivity index (χ4v) is 4.02. The van der Waals surface area contributed by atoms with E-state index in [-0.39, 0.29) is 11.5 Å². The average molecular weight is 357 g/mol. The van der Waals surface area contributed by atoms with Gasteiger partial charge in [0, 0.05) is 36.0 Å². The predicted octanol–water partition coefficient (Wildman–Crippen LogP) is 3.83. The second-order valence-electron chi connectivity index (χ2n) is 6.97. The monoisotopic (exact) mass is 357 g/mol. The van der Waals surface area contributed by atoms with Gasteiger partial charge in [-0.3, -0.25) is 4.79 Å². The minimum atomic E-state index is -0.361. The molecule has 5 heteroatoms. The Hall–Kier alpha value is -2.30. The van der Waals surface area contributed by atoms with Crippen LogP contribution in [0.15, 0.2) is 27.4 Å². The lowest BCUT2D eigenvalue weighted by atomic mass is 10.0. The van der Waals surface area contributed by atoms with Crippen molar-refractivity contribution in [3.05, 3.63) is 39.7 Å². The first kappa shape index (κ1) is 18.5. The number of ether oxygens (including phenoxy) is 1. The Balaban J connectivity index is 1.80. The molecule has 0 N–H and O–H groups in total. The van der Waals surface area contributed by atoms with Crippen molar-refractivity contribution in [2.75, 3.05) is 13.7 Å². The molecule has 1 saturated carbocycles. The summed E-state index contributed by atoms with van der Waals surface area (Å²) in [6.07, 6.45) is 5.35. The number of hydrogen-bond donors (Lipinski definition) is 0. The molecule has 3 rings (SSSR count). The van der Waals surface area contributed by atoms with Gasteiger partial charge in [0.2, 0.25) is 5.91 Å². The largest absolute Gasteiger partial charge is 0.497 e. The Morgan fingerprint density at radius 3 is 2.69 bits per heavy atom. The van der Waals surface area contributed by atoms with Crippen LogP contribution in [-0.4, -0.2) is 30.5 Å². The van der Waals surface area contributed by atoms with E-state index in [1.807, 2.05) is 30.9 Å². The van der Waals surface area contributed by atoms with Crippen molar-refractivity contribution in [3.8, 4) is 5.75 Å². The third kappa shape index (κ3) is 3.62. The lowest BCUT2D eigenvalue weighted by molar-refractivity contribution is -0.133. The number of carbonyl (C=O) groups excluding carboxylic acids is 1. The van der Waals surface area contributed by atoms with Crippen LogP contribution in [0, 0.1) is 6.92 Å². The molecule has 1 aliphatic rings. The summed E-state index contributed by atoms with van der Waals surface area (Å²) in [5, 5.41) is 0.885. The molecule has 1 aromatic heterocycles.